The zero-order valence-electron chi connectivity index (χ0n) is 11.6. The van der Waals surface area contributed by atoms with Crippen LogP contribution in [0.1, 0.15) is 60.3 Å². The van der Waals surface area contributed by atoms with Gasteiger partial charge >= 0.3 is 0 Å². The second kappa shape index (κ2) is 3.60. The van der Waals surface area contributed by atoms with Gasteiger partial charge in [0.1, 0.15) is 0 Å². The molecule has 1 heteroatoms. The van der Waals surface area contributed by atoms with E-state index < -0.39 is 0 Å². The van der Waals surface area contributed by atoms with E-state index in [1.54, 1.807) is 22.3 Å². The maximum atomic E-state index is 3.61. The van der Waals surface area contributed by atoms with Crippen molar-refractivity contribution < 1.29 is 0 Å². The van der Waals surface area contributed by atoms with Crippen LogP contribution in [-0.2, 0) is 6.42 Å². The number of benzene rings is 1. The Labute approximate surface area is 110 Å². The van der Waals surface area contributed by atoms with Crippen LogP contribution in [0, 0.1) is 12.3 Å². The fourth-order valence-electron chi connectivity index (χ4n) is 4.32. The minimum absolute atomic E-state index is 0.514. The zero-order valence-corrected chi connectivity index (χ0v) is 11.6. The van der Waals surface area contributed by atoms with Crippen LogP contribution in [0.15, 0.2) is 12.1 Å². The van der Waals surface area contributed by atoms with Gasteiger partial charge in [-0.05, 0) is 66.2 Å². The van der Waals surface area contributed by atoms with Crippen LogP contribution in [0.3, 0.4) is 0 Å². The highest BCUT2D eigenvalue weighted by Gasteiger charge is 2.43. The second-order valence-corrected chi connectivity index (χ2v) is 6.96. The summed E-state index contributed by atoms with van der Waals surface area (Å²) >= 11 is 0. The Balaban J connectivity index is 1.82. The molecule has 18 heavy (non-hydrogen) atoms. The molecule has 0 amide bonds. The Morgan fingerprint density at radius 3 is 2.78 bits per heavy atom. The first-order valence-corrected chi connectivity index (χ1v) is 7.52. The van der Waals surface area contributed by atoms with Crippen LogP contribution in [0.25, 0.3) is 0 Å². The van der Waals surface area contributed by atoms with Gasteiger partial charge in [0.2, 0.25) is 0 Å². The Morgan fingerprint density at radius 1 is 1.22 bits per heavy atom. The van der Waals surface area contributed by atoms with Crippen molar-refractivity contribution in [2.75, 3.05) is 13.1 Å². The minimum Gasteiger partial charge on any atom is -0.316 e. The summed E-state index contributed by atoms with van der Waals surface area (Å²) in [6.45, 7) is 7.24. The highest BCUT2D eigenvalue weighted by Crippen LogP contribution is 2.50. The molecule has 1 saturated heterocycles. The van der Waals surface area contributed by atoms with Gasteiger partial charge in [-0.1, -0.05) is 19.1 Å². The van der Waals surface area contributed by atoms with Gasteiger partial charge in [0, 0.05) is 19.0 Å². The Kier molecular flexibility index (Phi) is 2.21. The lowest BCUT2D eigenvalue weighted by Crippen LogP contribution is -2.30. The SMILES string of the molecule is Cc1c(C2CC2)ccc2c1CC[C@@]1(C)CNC[C@@H]21. The smallest absolute Gasteiger partial charge is 0.00323 e. The molecule has 1 aromatic carbocycles. The third-order valence-corrected chi connectivity index (χ3v) is 5.73. The van der Waals surface area contributed by atoms with E-state index in [2.05, 4.69) is 31.3 Å². The van der Waals surface area contributed by atoms with Gasteiger partial charge < -0.3 is 5.32 Å². The molecule has 1 N–H and O–H groups in total. The monoisotopic (exact) mass is 241 g/mol. The lowest BCUT2D eigenvalue weighted by atomic mass is 9.66. The first-order valence-electron chi connectivity index (χ1n) is 7.52. The van der Waals surface area contributed by atoms with Crippen LogP contribution in [-0.4, -0.2) is 13.1 Å². The van der Waals surface area contributed by atoms with E-state index >= 15 is 0 Å². The molecule has 2 fully saturated rings. The normalized spacial score (nSPS) is 34.2. The van der Waals surface area contributed by atoms with E-state index in [4.69, 9.17) is 0 Å². The highest BCUT2D eigenvalue weighted by molar-refractivity contribution is 5.47. The van der Waals surface area contributed by atoms with E-state index in [1.807, 2.05) is 0 Å². The molecule has 0 bridgehead atoms. The lowest BCUT2D eigenvalue weighted by molar-refractivity contribution is 0.277. The van der Waals surface area contributed by atoms with Crippen LogP contribution in [0.4, 0.5) is 0 Å². The average molecular weight is 241 g/mol. The predicted octanol–water partition coefficient (Wildman–Crippen LogP) is 3.51. The van der Waals surface area contributed by atoms with Crippen molar-refractivity contribution in [2.45, 2.75) is 51.4 Å². The summed E-state index contributed by atoms with van der Waals surface area (Å²) in [6.07, 6.45) is 5.51. The maximum absolute atomic E-state index is 3.61. The molecule has 1 heterocycles. The molecule has 3 aliphatic rings. The quantitative estimate of drug-likeness (QED) is 0.793. The summed E-state index contributed by atoms with van der Waals surface area (Å²) in [6, 6.07) is 4.90. The largest absolute Gasteiger partial charge is 0.316 e. The van der Waals surface area contributed by atoms with Crippen molar-refractivity contribution in [3.63, 3.8) is 0 Å². The fraction of sp³-hybridized carbons (Fsp3) is 0.647. The summed E-state index contributed by atoms with van der Waals surface area (Å²) in [5, 5.41) is 3.61. The van der Waals surface area contributed by atoms with E-state index in [1.165, 1.54) is 38.8 Å². The summed E-state index contributed by atoms with van der Waals surface area (Å²) in [4.78, 5) is 0. The van der Waals surface area contributed by atoms with Gasteiger partial charge in [0.15, 0.2) is 0 Å². The molecule has 1 aromatic rings. The Bertz CT molecular complexity index is 501. The molecule has 0 spiro atoms. The Hall–Kier alpha value is -0.820. The maximum Gasteiger partial charge on any atom is 0.00323 e. The number of rotatable bonds is 1. The Morgan fingerprint density at radius 2 is 2.00 bits per heavy atom. The van der Waals surface area contributed by atoms with Crippen molar-refractivity contribution in [3.8, 4) is 0 Å². The molecule has 2 atom stereocenters. The van der Waals surface area contributed by atoms with Crippen LogP contribution in [0.2, 0.25) is 0 Å². The predicted molar refractivity (Wildman–Crippen MR) is 75.2 cm³/mol. The molecular weight excluding hydrogens is 218 g/mol. The van der Waals surface area contributed by atoms with Gasteiger partial charge in [-0.15, -0.1) is 0 Å². The van der Waals surface area contributed by atoms with Gasteiger partial charge in [0.05, 0.1) is 0 Å². The third-order valence-electron chi connectivity index (χ3n) is 5.73. The van der Waals surface area contributed by atoms with Gasteiger partial charge in [-0.25, -0.2) is 0 Å². The number of nitrogens with one attached hydrogen (secondary N) is 1. The second-order valence-electron chi connectivity index (χ2n) is 6.96. The van der Waals surface area contributed by atoms with E-state index in [0.717, 1.165) is 11.8 Å². The number of hydrogen-bond acceptors (Lipinski definition) is 1. The average Bonchev–Trinajstić information content (AvgIpc) is 3.10. The van der Waals surface area contributed by atoms with Gasteiger partial charge in [-0.3, -0.25) is 0 Å². The zero-order chi connectivity index (χ0) is 12.3. The topological polar surface area (TPSA) is 12.0 Å². The van der Waals surface area contributed by atoms with Crippen molar-refractivity contribution >= 4 is 0 Å². The van der Waals surface area contributed by atoms with Crippen molar-refractivity contribution in [3.05, 3.63) is 34.4 Å². The van der Waals surface area contributed by atoms with Crippen molar-refractivity contribution in [2.24, 2.45) is 5.41 Å². The van der Waals surface area contributed by atoms with Gasteiger partial charge in [0.25, 0.3) is 0 Å². The molecule has 0 unspecified atom stereocenters. The molecule has 0 aromatic heterocycles. The summed E-state index contributed by atoms with van der Waals surface area (Å²) < 4.78 is 0. The first kappa shape index (κ1) is 11.0. The molecule has 4 rings (SSSR count). The number of hydrogen-bond donors (Lipinski definition) is 1. The fourth-order valence-corrected chi connectivity index (χ4v) is 4.32. The standard InChI is InChI=1S/C17H23N/c1-11-13(12-3-4-12)5-6-15-14(11)7-8-17(2)10-18-9-16(15)17/h5-6,12,16,18H,3-4,7-10H2,1-2H3/t16-,17-/m0/s1. The summed E-state index contributed by atoms with van der Waals surface area (Å²) in [5.41, 5.74) is 7.16. The van der Waals surface area contributed by atoms with E-state index in [-0.39, 0.29) is 0 Å². The molecule has 1 aliphatic heterocycles. The van der Waals surface area contributed by atoms with E-state index in [9.17, 15) is 0 Å². The first-order chi connectivity index (χ1) is 8.69. The molecule has 96 valence electrons. The van der Waals surface area contributed by atoms with Crippen LogP contribution >= 0.6 is 0 Å². The molecule has 1 nitrogen and oxygen atoms in total. The van der Waals surface area contributed by atoms with Crippen molar-refractivity contribution in [1.29, 1.82) is 0 Å². The van der Waals surface area contributed by atoms with E-state index in [0.29, 0.717) is 5.41 Å². The number of fused-ring (bicyclic) bond motifs is 3. The highest BCUT2D eigenvalue weighted by atomic mass is 14.9. The summed E-state index contributed by atoms with van der Waals surface area (Å²) in [5.74, 6) is 1.65. The molecular formula is C17H23N. The molecule has 1 saturated carbocycles. The van der Waals surface area contributed by atoms with Crippen LogP contribution in [0.5, 0.6) is 0 Å². The van der Waals surface area contributed by atoms with Crippen LogP contribution < -0.4 is 5.32 Å². The summed E-state index contributed by atoms with van der Waals surface area (Å²) in [7, 11) is 0. The lowest BCUT2D eigenvalue weighted by Gasteiger charge is -2.38. The molecule has 2 aliphatic carbocycles. The van der Waals surface area contributed by atoms with Crippen molar-refractivity contribution in [1.82, 2.24) is 5.32 Å². The van der Waals surface area contributed by atoms with Gasteiger partial charge in [-0.2, -0.15) is 0 Å². The third kappa shape index (κ3) is 1.43. The molecule has 0 radical (unpaired) electrons. The minimum atomic E-state index is 0.514.